The van der Waals surface area contributed by atoms with Crippen LogP contribution in [0.5, 0.6) is 17.2 Å². The average molecular weight is 515 g/mol. The highest BCUT2D eigenvalue weighted by molar-refractivity contribution is 7.92. The van der Waals surface area contributed by atoms with Crippen LogP contribution < -0.4 is 23.8 Å². The topological polar surface area (TPSA) is 94.2 Å². The van der Waals surface area contributed by atoms with E-state index in [4.69, 9.17) is 14.2 Å². The molecule has 0 unspecified atom stereocenters. The highest BCUT2D eigenvalue weighted by Gasteiger charge is 2.29. The van der Waals surface area contributed by atoms with Gasteiger partial charge in [-0.25, -0.2) is 12.8 Å². The number of sulfonamides is 1. The molecule has 0 saturated heterocycles. The number of nitrogens with one attached hydrogen (secondary N) is 1. The van der Waals surface area contributed by atoms with Gasteiger partial charge in [-0.1, -0.05) is 6.07 Å². The summed E-state index contributed by atoms with van der Waals surface area (Å²) in [5.41, 5.74) is 2.27. The molecule has 1 aliphatic rings. The maximum absolute atomic E-state index is 13.5. The largest absolute Gasteiger partial charge is 0.492 e. The van der Waals surface area contributed by atoms with E-state index in [0.29, 0.717) is 30.5 Å². The van der Waals surface area contributed by atoms with Crippen molar-refractivity contribution in [1.29, 1.82) is 0 Å². The van der Waals surface area contributed by atoms with Gasteiger partial charge in [0.2, 0.25) is 5.91 Å². The van der Waals surface area contributed by atoms with E-state index in [9.17, 15) is 17.6 Å². The number of aryl methyl sites for hydroxylation is 2. The highest BCUT2D eigenvalue weighted by atomic mass is 32.2. The first-order valence-corrected chi connectivity index (χ1v) is 12.8. The lowest BCUT2D eigenvalue weighted by atomic mass is 10.1. The number of halogens is 1. The van der Waals surface area contributed by atoms with Crippen LogP contribution in [0.3, 0.4) is 0 Å². The maximum Gasteiger partial charge on any atom is 0.264 e. The van der Waals surface area contributed by atoms with E-state index in [-0.39, 0.29) is 23.7 Å². The molecule has 3 aromatic carbocycles. The smallest absolute Gasteiger partial charge is 0.264 e. The molecule has 0 bridgehead atoms. The highest BCUT2D eigenvalue weighted by Crippen LogP contribution is 2.34. The van der Waals surface area contributed by atoms with E-state index in [1.807, 2.05) is 32.0 Å². The van der Waals surface area contributed by atoms with E-state index in [1.54, 1.807) is 0 Å². The van der Waals surface area contributed by atoms with Gasteiger partial charge in [0.1, 0.15) is 37.9 Å². The molecule has 0 spiro atoms. The molecule has 10 heteroatoms. The van der Waals surface area contributed by atoms with Crippen molar-refractivity contribution >= 4 is 21.6 Å². The van der Waals surface area contributed by atoms with Gasteiger partial charge in [-0.15, -0.1) is 0 Å². The molecule has 36 heavy (non-hydrogen) atoms. The molecule has 0 aromatic heterocycles. The molecular weight excluding hydrogens is 487 g/mol. The van der Waals surface area contributed by atoms with E-state index in [1.165, 1.54) is 30.3 Å². The lowest BCUT2D eigenvalue weighted by Gasteiger charge is -2.25. The first-order valence-electron chi connectivity index (χ1n) is 11.4. The van der Waals surface area contributed by atoms with Gasteiger partial charge in [0.05, 0.1) is 17.1 Å². The fraction of sp³-hybridized carbons (Fsp3) is 0.269. The second kappa shape index (κ2) is 10.9. The van der Waals surface area contributed by atoms with Gasteiger partial charge in [0.15, 0.2) is 11.5 Å². The summed E-state index contributed by atoms with van der Waals surface area (Å²) in [7, 11) is -4.20. The first-order chi connectivity index (χ1) is 17.2. The van der Waals surface area contributed by atoms with Crippen LogP contribution in [0.2, 0.25) is 0 Å². The van der Waals surface area contributed by atoms with Crippen molar-refractivity contribution in [1.82, 2.24) is 5.32 Å². The average Bonchev–Trinajstić information content (AvgIpc) is 2.85. The second-order valence-corrected chi connectivity index (χ2v) is 10.2. The number of amides is 1. The zero-order chi connectivity index (χ0) is 25.7. The number of nitrogens with zero attached hydrogens (tertiary/aromatic N) is 1. The molecule has 1 aliphatic heterocycles. The van der Waals surface area contributed by atoms with Crippen LogP contribution in [-0.2, 0) is 14.8 Å². The van der Waals surface area contributed by atoms with Gasteiger partial charge in [-0.2, -0.15) is 0 Å². The predicted octanol–water partition coefficient (Wildman–Crippen LogP) is 3.60. The minimum absolute atomic E-state index is 0.0815. The predicted molar refractivity (Wildman–Crippen MR) is 133 cm³/mol. The SMILES string of the molecule is Cc1cc(C)cc(OCCNC(=O)CN(c2ccc(F)cc2)S(=O)(=O)c2ccc3c(c2)OCCO3)c1. The summed E-state index contributed by atoms with van der Waals surface area (Å²) in [6.07, 6.45) is 0. The number of anilines is 1. The number of hydrogen-bond donors (Lipinski definition) is 1. The van der Waals surface area contributed by atoms with E-state index >= 15 is 0 Å². The maximum atomic E-state index is 13.5. The van der Waals surface area contributed by atoms with Gasteiger partial charge in [-0.3, -0.25) is 9.10 Å². The van der Waals surface area contributed by atoms with E-state index in [2.05, 4.69) is 5.32 Å². The summed E-state index contributed by atoms with van der Waals surface area (Å²) in [6.45, 7) is 4.47. The molecule has 4 rings (SSSR count). The fourth-order valence-electron chi connectivity index (χ4n) is 3.80. The molecule has 1 N–H and O–H groups in total. The van der Waals surface area contributed by atoms with Crippen LogP contribution in [0.4, 0.5) is 10.1 Å². The van der Waals surface area contributed by atoms with Crippen LogP contribution in [0.15, 0.2) is 65.6 Å². The Balaban J connectivity index is 1.48. The van der Waals surface area contributed by atoms with Gasteiger partial charge >= 0.3 is 0 Å². The van der Waals surface area contributed by atoms with E-state index < -0.39 is 28.3 Å². The van der Waals surface area contributed by atoms with E-state index in [0.717, 1.165) is 27.6 Å². The zero-order valence-corrected chi connectivity index (χ0v) is 20.8. The minimum atomic E-state index is -4.20. The van der Waals surface area contributed by atoms with Crippen molar-refractivity contribution in [2.24, 2.45) is 0 Å². The second-order valence-electron chi connectivity index (χ2n) is 8.32. The van der Waals surface area contributed by atoms with Crippen molar-refractivity contribution in [3.8, 4) is 17.2 Å². The summed E-state index contributed by atoms with van der Waals surface area (Å²) in [4.78, 5) is 12.7. The molecule has 8 nitrogen and oxygen atoms in total. The molecule has 0 fully saturated rings. The Morgan fingerprint density at radius 3 is 2.33 bits per heavy atom. The number of benzene rings is 3. The Kier molecular flexibility index (Phi) is 7.64. The van der Waals surface area contributed by atoms with Crippen LogP contribution >= 0.6 is 0 Å². The monoisotopic (exact) mass is 514 g/mol. The number of hydrogen-bond acceptors (Lipinski definition) is 6. The van der Waals surface area contributed by atoms with Crippen LogP contribution in [-0.4, -0.2) is 47.2 Å². The van der Waals surface area contributed by atoms with Crippen LogP contribution in [0.1, 0.15) is 11.1 Å². The number of carbonyl (C=O) groups is 1. The summed E-state index contributed by atoms with van der Waals surface area (Å²) < 4.78 is 58.2. The molecule has 190 valence electrons. The minimum Gasteiger partial charge on any atom is -0.492 e. The number of rotatable bonds is 9. The molecular formula is C26H27FN2O6S. The summed E-state index contributed by atoms with van der Waals surface area (Å²) >= 11 is 0. The number of fused-ring (bicyclic) bond motifs is 1. The zero-order valence-electron chi connectivity index (χ0n) is 20.0. The number of carbonyl (C=O) groups excluding carboxylic acids is 1. The Labute approximate surface area is 209 Å². The summed E-state index contributed by atoms with van der Waals surface area (Å²) in [5, 5.41) is 2.68. The van der Waals surface area contributed by atoms with Gasteiger partial charge in [-0.05, 0) is 73.5 Å². The van der Waals surface area contributed by atoms with Crippen molar-refractivity contribution in [3.63, 3.8) is 0 Å². The van der Waals surface area contributed by atoms with Crippen LogP contribution in [0, 0.1) is 19.7 Å². The van der Waals surface area contributed by atoms with Crippen molar-refractivity contribution in [2.45, 2.75) is 18.7 Å². The van der Waals surface area contributed by atoms with Gasteiger partial charge in [0, 0.05) is 6.07 Å². The molecule has 0 saturated carbocycles. The fourth-order valence-corrected chi connectivity index (χ4v) is 5.23. The van der Waals surface area contributed by atoms with Gasteiger partial charge in [0.25, 0.3) is 10.0 Å². The lowest BCUT2D eigenvalue weighted by Crippen LogP contribution is -2.42. The first kappa shape index (κ1) is 25.3. The summed E-state index contributed by atoms with van der Waals surface area (Å²) in [5.74, 6) is 0.369. The molecule has 0 aliphatic carbocycles. The normalized spacial score (nSPS) is 12.6. The lowest BCUT2D eigenvalue weighted by molar-refractivity contribution is -0.119. The third kappa shape index (κ3) is 6.06. The van der Waals surface area contributed by atoms with Crippen LogP contribution in [0.25, 0.3) is 0 Å². The van der Waals surface area contributed by atoms with Crippen molar-refractivity contribution < 1.29 is 31.8 Å². The van der Waals surface area contributed by atoms with Crippen molar-refractivity contribution in [3.05, 3.63) is 77.6 Å². The molecule has 1 amide bonds. The molecule has 0 radical (unpaired) electrons. The Morgan fingerprint density at radius 1 is 0.972 bits per heavy atom. The summed E-state index contributed by atoms with van der Waals surface area (Å²) in [6, 6.07) is 15.0. The Morgan fingerprint density at radius 2 is 1.64 bits per heavy atom. The van der Waals surface area contributed by atoms with Gasteiger partial charge < -0.3 is 19.5 Å². The molecule has 1 heterocycles. The Hall–Kier alpha value is -3.79. The number of ether oxygens (including phenoxy) is 3. The molecule has 3 aromatic rings. The Bertz CT molecular complexity index is 1320. The standard InChI is InChI=1S/C26H27FN2O6S/c1-18-13-19(2)15-22(14-18)33-10-9-28-26(30)17-29(21-5-3-20(27)4-6-21)36(31,32)23-7-8-24-25(16-23)35-12-11-34-24/h3-8,13-16H,9-12,17H2,1-2H3,(H,28,30). The quantitative estimate of drug-likeness (QED) is 0.439. The molecule has 0 atom stereocenters. The third-order valence-electron chi connectivity index (χ3n) is 5.39. The third-order valence-corrected chi connectivity index (χ3v) is 7.16. The van der Waals surface area contributed by atoms with Crippen molar-refractivity contribution in [2.75, 3.05) is 37.2 Å².